The van der Waals surface area contributed by atoms with Crippen molar-refractivity contribution in [2.24, 2.45) is 11.0 Å². The molecule has 29 heavy (non-hydrogen) atoms. The summed E-state index contributed by atoms with van der Waals surface area (Å²) in [6.07, 6.45) is 6.78. The van der Waals surface area contributed by atoms with Crippen LogP contribution in [-0.2, 0) is 0 Å². The Labute approximate surface area is 168 Å². The Balaban J connectivity index is 1.33. The lowest BCUT2D eigenvalue weighted by Crippen LogP contribution is -2.09. The van der Waals surface area contributed by atoms with Crippen LogP contribution in [0.4, 0.5) is 27.5 Å². The van der Waals surface area contributed by atoms with E-state index in [0.29, 0.717) is 11.6 Å². The van der Waals surface area contributed by atoms with Crippen LogP contribution in [0.25, 0.3) is 0 Å². The standard InChI is InChI=1S/C21H22FN7/c1-14-3-2-4-16(9-14)27-18-8-7-17(23-11-18)12-26-29-21-25-13-19(22)20(28-21)24-10-15-5-6-15/h2-4,7-9,11-13,15,27H,5-6,10H2,1H3,(H2,24,25,28,29)/b26-12+. The first-order chi connectivity index (χ1) is 14.2. The molecule has 4 rings (SSSR count). The number of hydrazone groups is 1. The largest absolute Gasteiger partial charge is 0.367 e. The SMILES string of the molecule is Cc1cccc(Nc2ccc(/C=N/Nc3ncc(F)c(NCC4CC4)n3)nc2)c1. The van der Waals surface area contributed by atoms with Crippen LogP contribution in [0.2, 0.25) is 0 Å². The molecule has 1 aromatic carbocycles. The lowest BCUT2D eigenvalue weighted by molar-refractivity contribution is 0.616. The van der Waals surface area contributed by atoms with Gasteiger partial charge in [0.05, 0.1) is 30.0 Å². The van der Waals surface area contributed by atoms with Gasteiger partial charge in [-0.25, -0.2) is 14.8 Å². The van der Waals surface area contributed by atoms with Gasteiger partial charge in [-0.05, 0) is 55.5 Å². The van der Waals surface area contributed by atoms with E-state index in [1.54, 1.807) is 12.4 Å². The van der Waals surface area contributed by atoms with E-state index in [2.05, 4.69) is 42.2 Å². The number of halogens is 1. The van der Waals surface area contributed by atoms with E-state index in [-0.39, 0.29) is 11.8 Å². The summed E-state index contributed by atoms with van der Waals surface area (Å²) in [5.41, 5.74) is 6.46. The molecule has 0 atom stereocenters. The molecule has 0 aliphatic heterocycles. The number of pyridine rings is 1. The molecule has 7 nitrogen and oxygen atoms in total. The summed E-state index contributed by atoms with van der Waals surface area (Å²) in [5.74, 6) is 0.555. The quantitative estimate of drug-likeness (QED) is 0.391. The van der Waals surface area contributed by atoms with Crippen LogP contribution in [0, 0.1) is 18.7 Å². The molecule has 0 bridgehead atoms. The molecule has 8 heteroatoms. The summed E-state index contributed by atoms with van der Waals surface area (Å²) in [4.78, 5) is 12.4. The maximum Gasteiger partial charge on any atom is 0.245 e. The minimum absolute atomic E-state index is 0.189. The number of benzene rings is 1. The minimum atomic E-state index is -0.474. The molecule has 0 radical (unpaired) electrons. The molecule has 1 aliphatic carbocycles. The number of nitrogens with one attached hydrogen (secondary N) is 3. The van der Waals surface area contributed by atoms with Crippen molar-refractivity contribution in [1.29, 1.82) is 0 Å². The van der Waals surface area contributed by atoms with Crippen LogP contribution >= 0.6 is 0 Å². The number of hydrogen-bond acceptors (Lipinski definition) is 7. The number of rotatable bonds is 8. The van der Waals surface area contributed by atoms with E-state index in [1.165, 1.54) is 18.4 Å². The van der Waals surface area contributed by atoms with Gasteiger partial charge in [-0.15, -0.1) is 0 Å². The number of aromatic nitrogens is 3. The molecule has 3 N–H and O–H groups in total. The van der Waals surface area contributed by atoms with Crippen LogP contribution in [0.15, 0.2) is 53.9 Å². The highest BCUT2D eigenvalue weighted by Gasteiger charge is 2.21. The van der Waals surface area contributed by atoms with E-state index in [9.17, 15) is 4.39 Å². The van der Waals surface area contributed by atoms with Crippen molar-refractivity contribution in [3.8, 4) is 0 Å². The smallest absolute Gasteiger partial charge is 0.245 e. The fourth-order valence-electron chi connectivity index (χ4n) is 2.71. The van der Waals surface area contributed by atoms with Crippen LogP contribution in [0.1, 0.15) is 24.1 Å². The van der Waals surface area contributed by atoms with Gasteiger partial charge in [0.2, 0.25) is 5.95 Å². The number of nitrogens with zero attached hydrogens (tertiary/aromatic N) is 4. The number of aryl methyl sites for hydroxylation is 1. The predicted octanol–water partition coefficient (Wildman–Crippen LogP) is 4.33. The zero-order valence-electron chi connectivity index (χ0n) is 16.1. The van der Waals surface area contributed by atoms with Crippen molar-refractivity contribution in [3.63, 3.8) is 0 Å². The topological polar surface area (TPSA) is 87.1 Å². The zero-order chi connectivity index (χ0) is 20.1. The van der Waals surface area contributed by atoms with Crippen molar-refractivity contribution in [1.82, 2.24) is 15.0 Å². The average molecular weight is 391 g/mol. The summed E-state index contributed by atoms with van der Waals surface area (Å²) >= 11 is 0. The number of anilines is 4. The fourth-order valence-corrected chi connectivity index (χ4v) is 2.71. The van der Waals surface area contributed by atoms with E-state index < -0.39 is 5.82 Å². The molecule has 1 fully saturated rings. The van der Waals surface area contributed by atoms with Gasteiger partial charge in [0.15, 0.2) is 11.6 Å². The highest BCUT2D eigenvalue weighted by Crippen LogP contribution is 2.29. The summed E-state index contributed by atoms with van der Waals surface area (Å²) in [6, 6.07) is 11.9. The summed E-state index contributed by atoms with van der Waals surface area (Å²) < 4.78 is 13.8. The van der Waals surface area contributed by atoms with E-state index in [1.807, 2.05) is 37.3 Å². The molecule has 2 heterocycles. The lowest BCUT2D eigenvalue weighted by Gasteiger charge is -2.07. The van der Waals surface area contributed by atoms with Crippen LogP contribution < -0.4 is 16.1 Å². The maximum absolute atomic E-state index is 13.8. The molecule has 0 saturated heterocycles. The first-order valence-corrected chi connectivity index (χ1v) is 9.51. The third-order valence-corrected chi connectivity index (χ3v) is 4.45. The lowest BCUT2D eigenvalue weighted by atomic mass is 10.2. The second-order valence-electron chi connectivity index (χ2n) is 7.05. The zero-order valence-corrected chi connectivity index (χ0v) is 16.1. The Morgan fingerprint density at radius 3 is 2.79 bits per heavy atom. The summed E-state index contributed by atoms with van der Waals surface area (Å²) in [6.45, 7) is 2.77. The normalized spacial score (nSPS) is 13.4. The first-order valence-electron chi connectivity index (χ1n) is 9.51. The Morgan fingerprint density at radius 1 is 1.14 bits per heavy atom. The van der Waals surface area contributed by atoms with Crippen molar-refractivity contribution >= 4 is 29.4 Å². The van der Waals surface area contributed by atoms with Gasteiger partial charge in [0.25, 0.3) is 0 Å². The maximum atomic E-state index is 13.8. The van der Waals surface area contributed by atoms with E-state index in [0.717, 1.165) is 24.1 Å². The van der Waals surface area contributed by atoms with Gasteiger partial charge in [0.1, 0.15) is 0 Å². The molecule has 148 valence electrons. The fraction of sp³-hybridized carbons (Fsp3) is 0.238. The Hall–Kier alpha value is -3.55. The third kappa shape index (κ3) is 5.47. The second-order valence-corrected chi connectivity index (χ2v) is 7.05. The molecule has 0 unspecified atom stereocenters. The van der Waals surface area contributed by atoms with Crippen LogP contribution in [0.3, 0.4) is 0 Å². The Kier molecular flexibility index (Phi) is 5.60. The second kappa shape index (κ2) is 8.64. The van der Waals surface area contributed by atoms with Gasteiger partial charge in [-0.3, -0.25) is 4.98 Å². The molecular formula is C21H22FN7. The highest BCUT2D eigenvalue weighted by molar-refractivity contribution is 5.78. The van der Waals surface area contributed by atoms with Crippen LogP contribution in [-0.4, -0.2) is 27.7 Å². The molecule has 1 saturated carbocycles. The van der Waals surface area contributed by atoms with Crippen molar-refractivity contribution in [2.75, 3.05) is 22.6 Å². The highest BCUT2D eigenvalue weighted by atomic mass is 19.1. The number of hydrogen-bond donors (Lipinski definition) is 3. The minimum Gasteiger partial charge on any atom is -0.367 e. The van der Waals surface area contributed by atoms with Crippen molar-refractivity contribution in [2.45, 2.75) is 19.8 Å². The van der Waals surface area contributed by atoms with Crippen molar-refractivity contribution < 1.29 is 4.39 Å². The van der Waals surface area contributed by atoms with Crippen LogP contribution in [0.5, 0.6) is 0 Å². The Bertz CT molecular complexity index is 1000. The predicted molar refractivity (Wildman–Crippen MR) is 113 cm³/mol. The molecule has 1 aliphatic rings. The summed E-state index contributed by atoms with van der Waals surface area (Å²) in [5, 5.41) is 10.4. The molecule has 0 amide bonds. The van der Waals surface area contributed by atoms with Gasteiger partial charge in [0, 0.05) is 12.2 Å². The van der Waals surface area contributed by atoms with Gasteiger partial charge in [-0.1, -0.05) is 12.1 Å². The molecule has 3 aromatic rings. The first kappa shape index (κ1) is 18.8. The van der Waals surface area contributed by atoms with Gasteiger partial charge < -0.3 is 10.6 Å². The van der Waals surface area contributed by atoms with Gasteiger partial charge in [-0.2, -0.15) is 10.1 Å². The molecule has 2 aromatic heterocycles. The van der Waals surface area contributed by atoms with E-state index in [4.69, 9.17) is 0 Å². The molecular weight excluding hydrogens is 369 g/mol. The molecule has 0 spiro atoms. The summed E-state index contributed by atoms with van der Waals surface area (Å²) in [7, 11) is 0. The van der Waals surface area contributed by atoms with Gasteiger partial charge >= 0.3 is 0 Å². The van der Waals surface area contributed by atoms with Crippen molar-refractivity contribution in [3.05, 3.63) is 65.9 Å². The Morgan fingerprint density at radius 2 is 2.03 bits per heavy atom. The average Bonchev–Trinajstić information content (AvgIpc) is 3.54. The third-order valence-electron chi connectivity index (χ3n) is 4.45. The monoisotopic (exact) mass is 391 g/mol. The van der Waals surface area contributed by atoms with E-state index >= 15 is 0 Å².